The molecular formula is C11H18N2O2. The Morgan fingerprint density at radius 1 is 1.47 bits per heavy atom. The van der Waals surface area contributed by atoms with Gasteiger partial charge in [0, 0.05) is 6.42 Å². The Hall–Kier alpha value is -1.06. The van der Waals surface area contributed by atoms with Gasteiger partial charge in [-0.3, -0.25) is 9.59 Å². The number of nitrogens with one attached hydrogen (secondary N) is 1. The van der Waals surface area contributed by atoms with E-state index in [0.717, 1.165) is 19.3 Å². The zero-order chi connectivity index (χ0) is 11.0. The van der Waals surface area contributed by atoms with Crippen LogP contribution in [0.1, 0.15) is 39.5 Å². The highest BCUT2D eigenvalue weighted by Gasteiger charge is 2.43. The van der Waals surface area contributed by atoms with Crippen LogP contribution in [0, 0.1) is 5.92 Å². The number of amides is 2. The Bertz CT molecular complexity index is 288. The summed E-state index contributed by atoms with van der Waals surface area (Å²) >= 11 is 0. The minimum Gasteiger partial charge on any atom is -0.334 e. The molecule has 2 amide bonds. The lowest BCUT2D eigenvalue weighted by atomic mass is 10.0. The summed E-state index contributed by atoms with van der Waals surface area (Å²) in [6.45, 7) is 4.16. The number of piperidine rings is 1. The van der Waals surface area contributed by atoms with E-state index < -0.39 is 0 Å². The number of hydrogen-bond acceptors (Lipinski definition) is 2. The number of rotatable bonds is 2. The molecule has 2 aliphatic rings. The zero-order valence-corrected chi connectivity index (χ0v) is 9.32. The van der Waals surface area contributed by atoms with Gasteiger partial charge in [-0.25, -0.2) is 0 Å². The van der Waals surface area contributed by atoms with E-state index in [4.69, 9.17) is 0 Å². The van der Waals surface area contributed by atoms with Crippen molar-refractivity contribution in [2.75, 3.05) is 0 Å². The van der Waals surface area contributed by atoms with Crippen molar-refractivity contribution in [2.45, 2.75) is 51.7 Å². The van der Waals surface area contributed by atoms with Crippen molar-refractivity contribution in [1.29, 1.82) is 0 Å². The summed E-state index contributed by atoms with van der Waals surface area (Å²) in [6, 6.07) is -0.220. The molecule has 4 nitrogen and oxygen atoms in total. The van der Waals surface area contributed by atoms with Gasteiger partial charge in [-0.1, -0.05) is 13.8 Å². The molecule has 1 N–H and O–H groups in total. The summed E-state index contributed by atoms with van der Waals surface area (Å²) in [5.41, 5.74) is 0. The van der Waals surface area contributed by atoms with E-state index in [1.54, 1.807) is 4.90 Å². The summed E-state index contributed by atoms with van der Waals surface area (Å²) < 4.78 is 0. The number of carbonyl (C=O) groups excluding carboxylic acids is 2. The number of nitrogens with zero attached hydrogens (tertiary/aromatic N) is 1. The standard InChI is InChI=1S/C11H18N2O2/c1-7(2)6-8-11(15)12-9-4-3-5-10(14)13(8)9/h7-9H,3-6H2,1-2H3,(H,12,15). The first kappa shape index (κ1) is 10.5. The van der Waals surface area contributed by atoms with Crippen molar-refractivity contribution in [1.82, 2.24) is 10.2 Å². The first-order chi connectivity index (χ1) is 7.09. The molecule has 2 saturated heterocycles. The topological polar surface area (TPSA) is 49.4 Å². The third kappa shape index (κ3) is 1.85. The fourth-order valence-electron chi connectivity index (χ4n) is 2.48. The molecule has 0 aromatic carbocycles. The summed E-state index contributed by atoms with van der Waals surface area (Å²) in [7, 11) is 0. The quantitative estimate of drug-likeness (QED) is 0.735. The van der Waals surface area contributed by atoms with E-state index in [2.05, 4.69) is 19.2 Å². The van der Waals surface area contributed by atoms with Crippen molar-refractivity contribution >= 4 is 11.8 Å². The van der Waals surface area contributed by atoms with E-state index >= 15 is 0 Å². The van der Waals surface area contributed by atoms with Crippen molar-refractivity contribution in [2.24, 2.45) is 5.92 Å². The molecule has 4 heteroatoms. The molecule has 0 aromatic heterocycles. The lowest BCUT2D eigenvalue weighted by Crippen LogP contribution is -2.46. The van der Waals surface area contributed by atoms with E-state index in [1.807, 2.05) is 0 Å². The van der Waals surface area contributed by atoms with Crippen molar-refractivity contribution in [3.63, 3.8) is 0 Å². The van der Waals surface area contributed by atoms with Crippen molar-refractivity contribution in [3.8, 4) is 0 Å². The van der Waals surface area contributed by atoms with Crippen molar-refractivity contribution < 1.29 is 9.59 Å². The van der Waals surface area contributed by atoms with E-state index in [-0.39, 0.29) is 24.0 Å². The van der Waals surface area contributed by atoms with Crippen LogP contribution in [0.25, 0.3) is 0 Å². The smallest absolute Gasteiger partial charge is 0.244 e. The molecule has 2 rings (SSSR count). The maximum Gasteiger partial charge on any atom is 0.244 e. The van der Waals surface area contributed by atoms with Gasteiger partial charge in [0.1, 0.15) is 12.2 Å². The second-order valence-corrected chi connectivity index (χ2v) is 4.86. The molecule has 2 fully saturated rings. The highest BCUT2D eigenvalue weighted by molar-refractivity contribution is 5.91. The van der Waals surface area contributed by atoms with Gasteiger partial charge in [0.05, 0.1) is 0 Å². The largest absolute Gasteiger partial charge is 0.334 e. The van der Waals surface area contributed by atoms with Crippen LogP contribution in [0.5, 0.6) is 0 Å². The van der Waals surface area contributed by atoms with Crippen LogP contribution in [0.4, 0.5) is 0 Å². The molecule has 2 heterocycles. The lowest BCUT2D eigenvalue weighted by molar-refractivity contribution is -0.139. The molecule has 0 spiro atoms. The van der Waals surface area contributed by atoms with Crippen LogP contribution in [0.3, 0.4) is 0 Å². The van der Waals surface area contributed by atoms with Crippen LogP contribution < -0.4 is 5.32 Å². The van der Waals surface area contributed by atoms with E-state index in [0.29, 0.717) is 12.3 Å². The minimum atomic E-state index is -0.220. The average molecular weight is 210 g/mol. The zero-order valence-electron chi connectivity index (χ0n) is 9.32. The first-order valence-corrected chi connectivity index (χ1v) is 5.71. The second-order valence-electron chi connectivity index (χ2n) is 4.86. The molecule has 2 aliphatic heterocycles. The monoisotopic (exact) mass is 210 g/mol. The summed E-state index contributed by atoms with van der Waals surface area (Å²) in [5.74, 6) is 0.605. The van der Waals surface area contributed by atoms with Gasteiger partial charge in [-0.15, -0.1) is 0 Å². The Balaban J connectivity index is 2.15. The van der Waals surface area contributed by atoms with Gasteiger partial charge >= 0.3 is 0 Å². The van der Waals surface area contributed by atoms with Gasteiger partial charge in [-0.05, 0) is 25.2 Å². The Morgan fingerprint density at radius 3 is 2.87 bits per heavy atom. The van der Waals surface area contributed by atoms with Crippen LogP contribution in [-0.4, -0.2) is 28.9 Å². The first-order valence-electron chi connectivity index (χ1n) is 5.71. The minimum absolute atomic E-state index is 0.0255. The Kier molecular flexibility index (Phi) is 2.67. The third-order valence-electron chi connectivity index (χ3n) is 3.13. The average Bonchev–Trinajstić information content (AvgIpc) is 2.43. The maximum atomic E-state index is 11.7. The summed E-state index contributed by atoms with van der Waals surface area (Å²) in [4.78, 5) is 25.2. The fraction of sp³-hybridized carbons (Fsp3) is 0.818. The number of carbonyl (C=O) groups is 2. The van der Waals surface area contributed by atoms with Crippen LogP contribution in [-0.2, 0) is 9.59 Å². The summed E-state index contributed by atoms with van der Waals surface area (Å²) in [5, 5.41) is 2.91. The summed E-state index contributed by atoms with van der Waals surface area (Å²) in [6.07, 6.45) is 3.15. The molecule has 2 atom stereocenters. The Labute approximate surface area is 90.0 Å². The maximum absolute atomic E-state index is 11.7. The lowest BCUT2D eigenvalue weighted by Gasteiger charge is -2.32. The molecule has 84 valence electrons. The highest BCUT2D eigenvalue weighted by atomic mass is 16.2. The van der Waals surface area contributed by atoms with Crippen molar-refractivity contribution in [3.05, 3.63) is 0 Å². The van der Waals surface area contributed by atoms with Gasteiger partial charge in [0.25, 0.3) is 0 Å². The Morgan fingerprint density at radius 2 is 2.20 bits per heavy atom. The number of hydrogen-bond donors (Lipinski definition) is 1. The second kappa shape index (κ2) is 3.83. The SMILES string of the molecule is CC(C)CC1C(=O)NC2CCCC(=O)N21. The molecule has 2 unspecified atom stereocenters. The fourth-order valence-corrected chi connectivity index (χ4v) is 2.48. The van der Waals surface area contributed by atoms with Crippen LogP contribution in [0.2, 0.25) is 0 Å². The third-order valence-corrected chi connectivity index (χ3v) is 3.13. The van der Waals surface area contributed by atoms with Gasteiger partial charge in [-0.2, -0.15) is 0 Å². The predicted octanol–water partition coefficient (Wildman–Crippen LogP) is 0.869. The highest BCUT2D eigenvalue weighted by Crippen LogP contribution is 2.27. The molecule has 0 bridgehead atoms. The molecule has 0 aliphatic carbocycles. The van der Waals surface area contributed by atoms with Gasteiger partial charge in [0.2, 0.25) is 11.8 Å². The van der Waals surface area contributed by atoms with E-state index in [9.17, 15) is 9.59 Å². The molecular weight excluding hydrogens is 192 g/mol. The molecule has 0 aromatic rings. The predicted molar refractivity (Wildman–Crippen MR) is 55.9 cm³/mol. The molecule has 0 saturated carbocycles. The van der Waals surface area contributed by atoms with Gasteiger partial charge < -0.3 is 10.2 Å². The number of fused-ring (bicyclic) bond motifs is 1. The molecule has 15 heavy (non-hydrogen) atoms. The van der Waals surface area contributed by atoms with Gasteiger partial charge in [0.15, 0.2) is 0 Å². The van der Waals surface area contributed by atoms with Crippen LogP contribution >= 0.6 is 0 Å². The van der Waals surface area contributed by atoms with Crippen LogP contribution in [0.15, 0.2) is 0 Å². The normalized spacial score (nSPS) is 30.7. The van der Waals surface area contributed by atoms with E-state index in [1.165, 1.54) is 0 Å². The molecule has 0 radical (unpaired) electrons.